The Balaban J connectivity index is 2.19. The van der Waals surface area contributed by atoms with Gasteiger partial charge in [-0.15, -0.1) is 0 Å². The van der Waals surface area contributed by atoms with Crippen LogP contribution in [0.25, 0.3) is 0 Å². The minimum absolute atomic E-state index is 0.177. The smallest absolute Gasteiger partial charge is 0.241 e. The van der Waals surface area contributed by atoms with Crippen LogP contribution in [-0.2, 0) is 14.8 Å². The molecule has 7 heteroatoms. The summed E-state index contributed by atoms with van der Waals surface area (Å²) in [5.74, 6) is 0.258. The van der Waals surface area contributed by atoms with Crippen LogP contribution in [0, 0.1) is 13.8 Å². The summed E-state index contributed by atoms with van der Waals surface area (Å²) in [5.41, 5.74) is 3.76. The summed E-state index contributed by atoms with van der Waals surface area (Å²) in [7, 11) is -2.08. The van der Waals surface area contributed by atoms with Crippen molar-refractivity contribution in [3.8, 4) is 5.75 Å². The van der Waals surface area contributed by atoms with Crippen LogP contribution in [0.3, 0.4) is 0 Å². The number of carbonyl (C=O) groups excluding carboxylic acids is 1. The van der Waals surface area contributed by atoms with E-state index in [1.165, 1.54) is 12.7 Å². The van der Waals surface area contributed by atoms with Gasteiger partial charge in [0.2, 0.25) is 15.9 Å². The number of nitrogens with one attached hydrogen (secondary N) is 1. The van der Waals surface area contributed by atoms with Gasteiger partial charge in [-0.2, -0.15) is 0 Å². The van der Waals surface area contributed by atoms with E-state index in [2.05, 4.69) is 11.4 Å². The first-order valence-electron chi connectivity index (χ1n) is 9.14. The average molecular weight is 405 g/mol. The number of ether oxygens (including phenoxy) is 1. The standard InChI is InChI=1S/C21H28N2O4S/c1-6-20(17-8-7-15(2)16(3)13-17)22-21(24)14-23(28(5,25)26)18-9-11-19(27-4)12-10-18/h7-13,20H,6,14H2,1-5H3,(H,22,24)/t20-/m0/s1. The highest BCUT2D eigenvalue weighted by Gasteiger charge is 2.22. The van der Waals surface area contributed by atoms with Crippen molar-refractivity contribution in [2.45, 2.75) is 33.2 Å². The summed E-state index contributed by atoms with van der Waals surface area (Å²) in [5, 5.41) is 2.95. The number of hydrogen-bond donors (Lipinski definition) is 1. The Kier molecular flexibility index (Phi) is 7.07. The van der Waals surface area contributed by atoms with Gasteiger partial charge in [-0.1, -0.05) is 25.1 Å². The van der Waals surface area contributed by atoms with Crippen molar-refractivity contribution in [3.63, 3.8) is 0 Å². The van der Waals surface area contributed by atoms with Crippen molar-refractivity contribution < 1.29 is 17.9 Å². The van der Waals surface area contributed by atoms with E-state index in [0.717, 1.165) is 21.7 Å². The fourth-order valence-electron chi connectivity index (χ4n) is 2.92. The first-order chi connectivity index (χ1) is 13.2. The van der Waals surface area contributed by atoms with Crippen molar-refractivity contribution in [2.75, 3.05) is 24.2 Å². The van der Waals surface area contributed by atoms with Gasteiger partial charge >= 0.3 is 0 Å². The molecule has 0 aromatic heterocycles. The van der Waals surface area contributed by atoms with Crippen LogP contribution in [0.4, 0.5) is 5.69 Å². The van der Waals surface area contributed by atoms with Crippen molar-refractivity contribution >= 4 is 21.6 Å². The van der Waals surface area contributed by atoms with Gasteiger partial charge in [0.05, 0.1) is 25.1 Å². The first-order valence-corrected chi connectivity index (χ1v) is 11.0. The lowest BCUT2D eigenvalue weighted by molar-refractivity contribution is -0.120. The summed E-state index contributed by atoms with van der Waals surface area (Å²) >= 11 is 0. The zero-order valence-electron chi connectivity index (χ0n) is 17.0. The zero-order chi connectivity index (χ0) is 20.9. The predicted molar refractivity (Wildman–Crippen MR) is 112 cm³/mol. The van der Waals surface area contributed by atoms with Crippen LogP contribution in [0.2, 0.25) is 0 Å². The number of amides is 1. The molecule has 0 saturated heterocycles. The molecule has 2 rings (SSSR count). The topological polar surface area (TPSA) is 75.7 Å². The van der Waals surface area contributed by atoms with E-state index in [-0.39, 0.29) is 18.5 Å². The maximum absolute atomic E-state index is 12.6. The Morgan fingerprint density at radius 2 is 1.75 bits per heavy atom. The Labute approximate surface area is 167 Å². The lowest BCUT2D eigenvalue weighted by Crippen LogP contribution is -2.41. The molecule has 0 aliphatic heterocycles. The molecule has 0 aliphatic rings. The molecule has 2 aromatic carbocycles. The third-order valence-corrected chi connectivity index (χ3v) is 5.87. The molecule has 2 aromatic rings. The number of rotatable bonds is 8. The number of aryl methyl sites for hydroxylation is 2. The van der Waals surface area contributed by atoms with E-state index in [4.69, 9.17) is 4.74 Å². The third kappa shape index (κ3) is 5.48. The summed E-state index contributed by atoms with van der Waals surface area (Å²) in [6, 6.07) is 12.5. The van der Waals surface area contributed by atoms with Crippen molar-refractivity contribution in [2.24, 2.45) is 0 Å². The minimum Gasteiger partial charge on any atom is -0.497 e. The van der Waals surface area contributed by atoms with E-state index < -0.39 is 10.0 Å². The first kappa shape index (κ1) is 21.8. The zero-order valence-corrected chi connectivity index (χ0v) is 17.8. The normalized spacial score (nSPS) is 12.3. The number of methoxy groups -OCH3 is 1. The number of anilines is 1. The highest BCUT2D eigenvalue weighted by molar-refractivity contribution is 7.92. The number of sulfonamides is 1. The van der Waals surface area contributed by atoms with Gasteiger partial charge in [-0.05, 0) is 61.2 Å². The molecule has 1 amide bonds. The number of carbonyl (C=O) groups is 1. The Morgan fingerprint density at radius 1 is 1.11 bits per heavy atom. The molecule has 1 N–H and O–H groups in total. The fourth-order valence-corrected chi connectivity index (χ4v) is 3.78. The van der Waals surface area contributed by atoms with Gasteiger partial charge < -0.3 is 10.1 Å². The molecule has 0 heterocycles. The SMILES string of the molecule is CC[C@H](NC(=O)CN(c1ccc(OC)cc1)S(C)(=O)=O)c1ccc(C)c(C)c1. The maximum atomic E-state index is 12.6. The summed E-state index contributed by atoms with van der Waals surface area (Å²) in [4.78, 5) is 12.6. The van der Waals surface area contributed by atoms with E-state index in [9.17, 15) is 13.2 Å². The highest BCUT2D eigenvalue weighted by atomic mass is 32.2. The summed E-state index contributed by atoms with van der Waals surface area (Å²) in [6.07, 6.45) is 1.79. The van der Waals surface area contributed by atoms with E-state index in [0.29, 0.717) is 17.9 Å². The lowest BCUT2D eigenvalue weighted by atomic mass is 9.99. The van der Waals surface area contributed by atoms with E-state index >= 15 is 0 Å². The van der Waals surface area contributed by atoms with Gasteiger partial charge in [0, 0.05) is 0 Å². The van der Waals surface area contributed by atoms with Gasteiger partial charge in [-0.25, -0.2) is 8.42 Å². The van der Waals surface area contributed by atoms with E-state index in [1.807, 2.05) is 32.9 Å². The van der Waals surface area contributed by atoms with Crippen molar-refractivity contribution in [1.82, 2.24) is 5.32 Å². The molecule has 152 valence electrons. The number of hydrogen-bond acceptors (Lipinski definition) is 4. The molecule has 0 unspecified atom stereocenters. The van der Waals surface area contributed by atoms with Gasteiger partial charge in [0.25, 0.3) is 0 Å². The molecule has 28 heavy (non-hydrogen) atoms. The van der Waals surface area contributed by atoms with Crippen LogP contribution in [-0.4, -0.2) is 34.2 Å². The maximum Gasteiger partial charge on any atom is 0.241 e. The second kappa shape index (κ2) is 9.10. The number of nitrogens with zero attached hydrogens (tertiary/aromatic N) is 1. The summed E-state index contributed by atoms with van der Waals surface area (Å²) in [6.45, 7) is 5.77. The largest absolute Gasteiger partial charge is 0.497 e. The minimum atomic E-state index is -3.62. The van der Waals surface area contributed by atoms with E-state index in [1.54, 1.807) is 24.3 Å². The fraction of sp³-hybridized carbons (Fsp3) is 0.381. The summed E-state index contributed by atoms with van der Waals surface area (Å²) < 4.78 is 30.7. The molecule has 0 bridgehead atoms. The van der Waals surface area contributed by atoms with Crippen LogP contribution in [0.5, 0.6) is 5.75 Å². The predicted octanol–water partition coefficient (Wildman–Crippen LogP) is 3.35. The molecular formula is C21H28N2O4S. The molecular weight excluding hydrogens is 376 g/mol. The lowest BCUT2D eigenvalue weighted by Gasteiger charge is -2.24. The van der Waals surface area contributed by atoms with Gasteiger partial charge in [0.15, 0.2) is 0 Å². The monoisotopic (exact) mass is 404 g/mol. The second-order valence-electron chi connectivity index (χ2n) is 6.84. The number of benzene rings is 2. The molecule has 0 spiro atoms. The Hall–Kier alpha value is -2.54. The van der Waals surface area contributed by atoms with Gasteiger partial charge in [-0.3, -0.25) is 9.10 Å². The molecule has 1 atom stereocenters. The molecule has 0 saturated carbocycles. The molecule has 0 aliphatic carbocycles. The Bertz CT molecular complexity index is 924. The molecule has 6 nitrogen and oxygen atoms in total. The Morgan fingerprint density at radius 3 is 2.25 bits per heavy atom. The van der Waals surface area contributed by atoms with Crippen molar-refractivity contribution in [3.05, 3.63) is 59.2 Å². The van der Waals surface area contributed by atoms with Crippen LogP contribution in [0.15, 0.2) is 42.5 Å². The second-order valence-corrected chi connectivity index (χ2v) is 8.75. The van der Waals surface area contributed by atoms with Crippen molar-refractivity contribution in [1.29, 1.82) is 0 Å². The average Bonchev–Trinajstić information content (AvgIpc) is 2.65. The third-order valence-electron chi connectivity index (χ3n) is 4.72. The van der Waals surface area contributed by atoms with Gasteiger partial charge in [0.1, 0.15) is 12.3 Å². The quantitative estimate of drug-likeness (QED) is 0.732. The molecule has 0 radical (unpaired) electrons. The molecule has 0 fully saturated rings. The highest BCUT2D eigenvalue weighted by Crippen LogP contribution is 2.23. The van der Waals surface area contributed by atoms with Crippen LogP contribution < -0.4 is 14.4 Å². The van der Waals surface area contributed by atoms with Crippen LogP contribution >= 0.6 is 0 Å². The van der Waals surface area contributed by atoms with Crippen LogP contribution in [0.1, 0.15) is 36.1 Å².